The number of rotatable bonds is 1. The number of hydrogen-bond donors (Lipinski definition) is 0. The SMILES string of the molecule is CCC1=PCCC1C. The third-order valence-corrected chi connectivity index (χ3v) is 3.45. The highest BCUT2D eigenvalue weighted by Gasteiger charge is 2.11. The van der Waals surface area contributed by atoms with Gasteiger partial charge in [-0.15, -0.1) is 8.20 Å². The van der Waals surface area contributed by atoms with E-state index in [1.807, 2.05) is 0 Å². The average Bonchev–Trinajstić information content (AvgIpc) is 2.14. The van der Waals surface area contributed by atoms with Gasteiger partial charge in [-0.25, -0.2) is 0 Å². The van der Waals surface area contributed by atoms with E-state index in [0.29, 0.717) is 0 Å². The molecule has 1 heterocycles. The van der Waals surface area contributed by atoms with Gasteiger partial charge in [-0.05, 0) is 30.2 Å². The summed E-state index contributed by atoms with van der Waals surface area (Å²) >= 11 is 0. The van der Waals surface area contributed by atoms with Crippen molar-refractivity contribution in [2.45, 2.75) is 26.7 Å². The zero-order chi connectivity index (χ0) is 5.98. The Morgan fingerprint density at radius 2 is 2.50 bits per heavy atom. The molecule has 0 saturated carbocycles. The van der Waals surface area contributed by atoms with Crippen LogP contribution in [-0.2, 0) is 0 Å². The van der Waals surface area contributed by atoms with Crippen LogP contribution < -0.4 is 0 Å². The van der Waals surface area contributed by atoms with Crippen LogP contribution in [-0.4, -0.2) is 11.5 Å². The standard InChI is InChI=1S/C7H13P/c1-3-7-6(2)4-5-8-7/h6H,3-5H2,1-2H3. The van der Waals surface area contributed by atoms with E-state index in [9.17, 15) is 0 Å². The van der Waals surface area contributed by atoms with Crippen LogP contribution in [0.25, 0.3) is 0 Å². The van der Waals surface area contributed by atoms with E-state index in [4.69, 9.17) is 0 Å². The molecule has 1 unspecified atom stereocenters. The Labute approximate surface area is 53.1 Å². The van der Waals surface area contributed by atoms with Gasteiger partial charge in [0.25, 0.3) is 0 Å². The molecule has 1 rings (SSSR count). The highest BCUT2D eigenvalue weighted by molar-refractivity contribution is 7.41. The molecule has 1 aliphatic rings. The van der Waals surface area contributed by atoms with Crippen molar-refractivity contribution in [3.8, 4) is 0 Å². The van der Waals surface area contributed by atoms with Crippen molar-refractivity contribution in [2.75, 3.05) is 6.16 Å². The third-order valence-electron chi connectivity index (χ3n) is 1.81. The summed E-state index contributed by atoms with van der Waals surface area (Å²) in [7, 11) is 1.63. The molecule has 0 aromatic carbocycles. The second kappa shape index (κ2) is 2.64. The van der Waals surface area contributed by atoms with Crippen LogP contribution in [0, 0.1) is 5.92 Å². The average molecular weight is 128 g/mol. The van der Waals surface area contributed by atoms with E-state index in [2.05, 4.69) is 13.8 Å². The van der Waals surface area contributed by atoms with Crippen molar-refractivity contribution in [1.29, 1.82) is 0 Å². The van der Waals surface area contributed by atoms with Crippen molar-refractivity contribution in [2.24, 2.45) is 5.92 Å². The summed E-state index contributed by atoms with van der Waals surface area (Å²) in [5, 5.41) is 1.77. The molecule has 0 nitrogen and oxygen atoms in total. The highest BCUT2D eigenvalue weighted by atomic mass is 31.1. The molecule has 1 aliphatic heterocycles. The lowest BCUT2D eigenvalue weighted by Crippen LogP contribution is -2.01. The first kappa shape index (κ1) is 6.29. The van der Waals surface area contributed by atoms with Gasteiger partial charge < -0.3 is 0 Å². The molecule has 0 aromatic heterocycles. The van der Waals surface area contributed by atoms with E-state index in [1.165, 1.54) is 19.0 Å². The molecule has 46 valence electrons. The number of hydrogen-bond acceptors (Lipinski definition) is 0. The van der Waals surface area contributed by atoms with Crippen molar-refractivity contribution < 1.29 is 0 Å². The Bertz CT molecular complexity index is 105. The van der Waals surface area contributed by atoms with Crippen molar-refractivity contribution in [3.05, 3.63) is 0 Å². The maximum Gasteiger partial charge on any atom is -0.0101 e. The molecule has 1 heteroatoms. The summed E-state index contributed by atoms with van der Waals surface area (Å²) in [6, 6.07) is 0. The first-order chi connectivity index (χ1) is 3.84. The molecule has 0 fully saturated rings. The molecule has 0 radical (unpaired) electrons. The van der Waals surface area contributed by atoms with Gasteiger partial charge in [-0.1, -0.05) is 13.8 Å². The van der Waals surface area contributed by atoms with Crippen LogP contribution in [0.4, 0.5) is 0 Å². The van der Waals surface area contributed by atoms with Gasteiger partial charge in [0.2, 0.25) is 0 Å². The lowest BCUT2D eigenvalue weighted by Gasteiger charge is -2.02. The maximum atomic E-state index is 2.35. The smallest absolute Gasteiger partial charge is 0.0101 e. The molecule has 0 aromatic rings. The molecule has 0 saturated heterocycles. The molecule has 0 amide bonds. The molecular weight excluding hydrogens is 115 g/mol. The fraction of sp³-hybridized carbons (Fsp3) is 0.857. The molecular formula is C7H13P. The van der Waals surface area contributed by atoms with Crippen LogP contribution in [0.5, 0.6) is 0 Å². The van der Waals surface area contributed by atoms with Gasteiger partial charge >= 0.3 is 0 Å². The van der Waals surface area contributed by atoms with Crippen molar-refractivity contribution >= 4 is 13.5 Å². The van der Waals surface area contributed by atoms with Gasteiger partial charge in [0.15, 0.2) is 0 Å². The Hall–Kier alpha value is 0.170. The van der Waals surface area contributed by atoms with E-state index in [-0.39, 0.29) is 0 Å². The Kier molecular flexibility index (Phi) is 2.08. The monoisotopic (exact) mass is 128 g/mol. The summed E-state index contributed by atoms with van der Waals surface area (Å²) in [5.74, 6) is 0.932. The lowest BCUT2D eigenvalue weighted by atomic mass is 10.0. The summed E-state index contributed by atoms with van der Waals surface area (Å²) in [6.45, 7) is 4.61. The molecule has 0 N–H and O–H groups in total. The van der Waals surface area contributed by atoms with E-state index in [0.717, 1.165) is 5.92 Å². The Morgan fingerprint density at radius 3 is 2.75 bits per heavy atom. The molecule has 0 bridgehead atoms. The van der Waals surface area contributed by atoms with Crippen LogP contribution in [0.15, 0.2) is 0 Å². The second-order valence-electron chi connectivity index (χ2n) is 2.42. The van der Waals surface area contributed by atoms with Crippen molar-refractivity contribution in [3.63, 3.8) is 0 Å². The van der Waals surface area contributed by atoms with Crippen LogP contribution >= 0.6 is 8.20 Å². The first-order valence-corrected chi connectivity index (χ1v) is 4.45. The quantitative estimate of drug-likeness (QED) is 0.476. The largest absolute Gasteiger partial charge is 0.105 e. The van der Waals surface area contributed by atoms with Crippen LogP contribution in [0.2, 0.25) is 0 Å². The summed E-state index contributed by atoms with van der Waals surface area (Å²) < 4.78 is 0. The fourth-order valence-electron chi connectivity index (χ4n) is 1.18. The van der Waals surface area contributed by atoms with E-state index < -0.39 is 0 Å². The predicted octanol–water partition coefficient (Wildman–Crippen LogP) is 2.55. The van der Waals surface area contributed by atoms with Gasteiger partial charge in [-0.3, -0.25) is 0 Å². The van der Waals surface area contributed by atoms with E-state index >= 15 is 0 Å². The maximum absolute atomic E-state index is 2.35. The topological polar surface area (TPSA) is 0 Å². The zero-order valence-corrected chi connectivity index (χ0v) is 6.54. The van der Waals surface area contributed by atoms with Crippen LogP contribution in [0.3, 0.4) is 0 Å². The lowest BCUT2D eigenvalue weighted by molar-refractivity contribution is 0.757. The minimum Gasteiger partial charge on any atom is -0.105 e. The van der Waals surface area contributed by atoms with Gasteiger partial charge in [-0.2, -0.15) is 0 Å². The van der Waals surface area contributed by atoms with Crippen LogP contribution in [0.1, 0.15) is 26.7 Å². The van der Waals surface area contributed by atoms with Gasteiger partial charge in [0.1, 0.15) is 0 Å². The van der Waals surface area contributed by atoms with Crippen molar-refractivity contribution in [1.82, 2.24) is 0 Å². The first-order valence-electron chi connectivity index (χ1n) is 3.37. The second-order valence-corrected chi connectivity index (χ2v) is 3.75. The minimum atomic E-state index is 0.932. The summed E-state index contributed by atoms with van der Waals surface area (Å²) in [5.41, 5.74) is 0. The summed E-state index contributed by atoms with van der Waals surface area (Å²) in [6.07, 6.45) is 4.16. The van der Waals surface area contributed by atoms with E-state index in [1.54, 1.807) is 13.5 Å². The predicted molar refractivity (Wildman–Crippen MR) is 40.9 cm³/mol. The normalized spacial score (nSPS) is 30.2. The fourth-order valence-corrected chi connectivity index (χ4v) is 2.65. The molecule has 0 aliphatic carbocycles. The highest BCUT2D eigenvalue weighted by Crippen LogP contribution is 2.24. The molecule has 0 spiro atoms. The molecule has 1 atom stereocenters. The van der Waals surface area contributed by atoms with Gasteiger partial charge in [0.05, 0.1) is 0 Å². The zero-order valence-electron chi connectivity index (χ0n) is 5.65. The third kappa shape index (κ3) is 1.11. The Balaban J connectivity index is 2.49. The minimum absolute atomic E-state index is 0.932. The molecule has 8 heavy (non-hydrogen) atoms. The Morgan fingerprint density at radius 1 is 1.75 bits per heavy atom. The summed E-state index contributed by atoms with van der Waals surface area (Å²) in [4.78, 5) is 0. The van der Waals surface area contributed by atoms with Gasteiger partial charge in [0, 0.05) is 0 Å².